The van der Waals surface area contributed by atoms with Gasteiger partial charge in [-0.2, -0.15) is 0 Å². The second kappa shape index (κ2) is 4.94. The molecule has 2 aromatic rings. The summed E-state index contributed by atoms with van der Waals surface area (Å²) in [7, 11) is 0. The number of hydrogen-bond acceptors (Lipinski definition) is 6. The number of benzene rings is 1. The lowest BCUT2D eigenvalue weighted by Gasteiger charge is -2.30. The van der Waals surface area contributed by atoms with Gasteiger partial charge in [-0.05, 0) is 26.0 Å². The summed E-state index contributed by atoms with van der Waals surface area (Å²) in [5, 5.41) is 20.4. The number of pyridine rings is 1. The van der Waals surface area contributed by atoms with Crippen LogP contribution in [0.15, 0.2) is 46.3 Å². The zero-order chi connectivity index (χ0) is 16.8. The van der Waals surface area contributed by atoms with Gasteiger partial charge >= 0.3 is 0 Å². The van der Waals surface area contributed by atoms with Crippen molar-refractivity contribution in [1.82, 2.24) is 4.57 Å². The van der Waals surface area contributed by atoms with Crippen molar-refractivity contribution in [2.75, 3.05) is 0 Å². The summed E-state index contributed by atoms with van der Waals surface area (Å²) in [5.41, 5.74) is -1.23. The Labute approximate surface area is 130 Å². The van der Waals surface area contributed by atoms with E-state index in [9.17, 15) is 20.0 Å². The summed E-state index contributed by atoms with van der Waals surface area (Å²) in [6, 6.07) is 6.50. The van der Waals surface area contributed by atoms with Gasteiger partial charge in [0.05, 0.1) is 10.5 Å². The number of nitro benzene ring substituents is 1. The van der Waals surface area contributed by atoms with Gasteiger partial charge in [-0.15, -0.1) is 0 Å². The summed E-state index contributed by atoms with van der Waals surface area (Å²) < 4.78 is 6.91. The van der Waals surface area contributed by atoms with Crippen LogP contribution in [0.25, 0.3) is 0 Å². The van der Waals surface area contributed by atoms with Crippen LogP contribution in [0.5, 0.6) is 11.5 Å². The second-order valence-electron chi connectivity index (χ2n) is 5.51. The van der Waals surface area contributed by atoms with Crippen LogP contribution < -0.4 is 10.3 Å². The van der Waals surface area contributed by atoms with Crippen molar-refractivity contribution in [3.05, 3.63) is 62.6 Å². The fraction of sp³-hybridized carbons (Fsp3) is 0.200. The maximum Gasteiger partial charge on any atom is 0.270 e. The minimum Gasteiger partial charge on any atom is -0.508 e. The molecule has 8 heteroatoms. The Morgan fingerprint density at radius 3 is 2.70 bits per heavy atom. The van der Waals surface area contributed by atoms with E-state index in [0.29, 0.717) is 11.3 Å². The smallest absolute Gasteiger partial charge is 0.270 e. The van der Waals surface area contributed by atoms with Crippen LogP contribution in [-0.2, 0) is 0 Å². The molecule has 1 aliphatic rings. The third-order valence-corrected chi connectivity index (χ3v) is 3.28. The van der Waals surface area contributed by atoms with E-state index in [-0.39, 0.29) is 17.3 Å². The van der Waals surface area contributed by atoms with Crippen LogP contribution in [0.2, 0.25) is 0 Å². The Morgan fingerprint density at radius 2 is 2.04 bits per heavy atom. The molecule has 0 amide bonds. The summed E-state index contributed by atoms with van der Waals surface area (Å²) >= 11 is 0. The topological polar surface area (TPSA) is 107 Å². The molecule has 0 atom stereocenters. The molecule has 2 heterocycles. The van der Waals surface area contributed by atoms with Crippen LogP contribution in [0.3, 0.4) is 0 Å². The van der Waals surface area contributed by atoms with Gasteiger partial charge in [-0.3, -0.25) is 19.5 Å². The van der Waals surface area contributed by atoms with E-state index in [1.165, 1.54) is 35.0 Å². The van der Waals surface area contributed by atoms with E-state index in [1.54, 1.807) is 13.8 Å². The number of ether oxygens (including phenoxy) is 1. The van der Waals surface area contributed by atoms with Gasteiger partial charge in [0.15, 0.2) is 5.72 Å². The molecule has 0 saturated heterocycles. The average molecular weight is 315 g/mol. The van der Waals surface area contributed by atoms with Gasteiger partial charge in [0.1, 0.15) is 17.3 Å². The Hall–Kier alpha value is -3.16. The number of hydrogen-bond donors (Lipinski definition) is 1. The van der Waals surface area contributed by atoms with E-state index >= 15 is 0 Å². The highest BCUT2D eigenvalue weighted by molar-refractivity contribution is 6.04. The van der Waals surface area contributed by atoms with E-state index in [1.807, 2.05) is 0 Å². The lowest BCUT2D eigenvalue weighted by molar-refractivity contribution is -0.384. The molecule has 0 radical (unpaired) electrons. The third kappa shape index (κ3) is 2.66. The van der Waals surface area contributed by atoms with Crippen LogP contribution >= 0.6 is 0 Å². The molecule has 23 heavy (non-hydrogen) atoms. The molecule has 0 aliphatic carbocycles. The molecule has 0 fully saturated rings. The summed E-state index contributed by atoms with van der Waals surface area (Å²) in [5.74, 6) is 0.452. The fourth-order valence-electron chi connectivity index (χ4n) is 2.33. The lowest BCUT2D eigenvalue weighted by Crippen LogP contribution is -2.37. The van der Waals surface area contributed by atoms with Gasteiger partial charge in [0.25, 0.3) is 11.2 Å². The number of nitrogens with zero attached hydrogens (tertiary/aromatic N) is 3. The van der Waals surface area contributed by atoms with Gasteiger partial charge in [0, 0.05) is 24.4 Å². The number of fused-ring (bicyclic) bond motifs is 1. The first kappa shape index (κ1) is 14.8. The second-order valence-corrected chi connectivity index (χ2v) is 5.51. The zero-order valence-electron chi connectivity index (χ0n) is 12.4. The molecule has 0 bridgehead atoms. The Kier molecular flexibility index (Phi) is 3.17. The van der Waals surface area contributed by atoms with Gasteiger partial charge < -0.3 is 9.84 Å². The predicted molar refractivity (Wildman–Crippen MR) is 82.1 cm³/mol. The first-order valence-corrected chi connectivity index (χ1v) is 6.76. The van der Waals surface area contributed by atoms with Gasteiger partial charge in [0.2, 0.25) is 0 Å². The van der Waals surface area contributed by atoms with E-state index in [2.05, 4.69) is 4.99 Å². The largest absolute Gasteiger partial charge is 0.508 e. The third-order valence-electron chi connectivity index (χ3n) is 3.28. The highest BCUT2D eigenvalue weighted by atomic mass is 16.6. The van der Waals surface area contributed by atoms with Crippen LogP contribution in [0.1, 0.15) is 19.4 Å². The maximum absolute atomic E-state index is 12.1. The summed E-state index contributed by atoms with van der Waals surface area (Å²) in [6.07, 6.45) is 1.36. The molecule has 1 aliphatic heterocycles. The minimum atomic E-state index is -0.935. The predicted octanol–water partition coefficient (Wildman–Crippen LogP) is 1.89. The van der Waals surface area contributed by atoms with Crippen LogP contribution in [-0.4, -0.2) is 26.2 Å². The maximum atomic E-state index is 12.1. The normalized spacial score (nSPS) is 15.3. The monoisotopic (exact) mass is 315 g/mol. The molecule has 1 aromatic heterocycles. The van der Waals surface area contributed by atoms with Crippen molar-refractivity contribution in [2.45, 2.75) is 19.6 Å². The molecule has 0 unspecified atom stereocenters. The molecule has 118 valence electrons. The molecule has 0 spiro atoms. The number of non-ortho nitro benzene ring substituents is 1. The number of rotatable bonds is 1. The summed E-state index contributed by atoms with van der Waals surface area (Å²) in [6.45, 7) is 3.42. The fourth-order valence-corrected chi connectivity index (χ4v) is 2.33. The first-order chi connectivity index (χ1) is 10.8. The quantitative estimate of drug-likeness (QED) is 0.638. The lowest BCUT2D eigenvalue weighted by atomic mass is 10.1. The van der Waals surface area contributed by atoms with Crippen molar-refractivity contribution >= 4 is 11.5 Å². The number of nitro groups is 1. The highest BCUT2D eigenvalue weighted by Crippen LogP contribution is 2.33. The van der Waals surface area contributed by atoms with Crippen LogP contribution in [0.4, 0.5) is 5.69 Å². The standard InChI is InChI=1S/C15H13N3O5/c1-15(2)16-14(17-6-5-10(19)8-13(17)20)11-7-9(18(21)22)3-4-12(11)23-15/h3-8,19H,1-2H3. The Balaban J connectivity index is 2.26. The van der Waals surface area contributed by atoms with Crippen molar-refractivity contribution in [3.63, 3.8) is 0 Å². The average Bonchev–Trinajstić information content (AvgIpc) is 2.45. The molecular formula is C15H13N3O5. The molecule has 1 aromatic carbocycles. The van der Waals surface area contributed by atoms with E-state index < -0.39 is 16.2 Å². The summed E-state index contributed by atoms with van der Waals surface area (Å²) in [4.78, 5) is 27.0. The van der Waals surface area contributed by atoms with Crippen molar-refractivity contribution in [2.24, 2.45) is 4.99 Å². The molecule has 3 rings (SSSR count). The highest BCUT2D eigenvalue weighted by Gasteiger charge is 2.30. The molecule has 8 nitrogen and oxygen atoms in total. The van der Waals surface area contributed by atoms with Crippen molar-refractivity contribution in [3.8, 4) is 11.5 Å². The van der Waals surface area contributed by atoms with E-state index in [0.717, 1.165) is 6.07 Å². The van der Waals surface area contributed by atoms with Crippen molar-refractivity contribution in [1.29, 1.82) is 0 Å². The number of aromatic nitrogens is 1. The SMILES string of the molecule is CC1(C)N=C(n2ccc(O)cc2=O)c2cc([N+](=O)[O-])ccc2O1. The Bertz CT molecular complexity index is 898. The van der Waals surface area contributed by atoms with Gasteiger partial charge in [-0.25, -0.2) is 4.99 Å². The number of aromatic hydroxyl groups is 1. The molecule has 0 saturated carbocycles. The van der Waals surface area contributed by atoms with Crippen LogP contribution in [0, 0.1) is 10.1 Å². The molecular weight excluding hydrogens is 302 g/mol. The Morgan fingerprint density at radius 1 is 1.30 bits per heavy atom. The number of aliphatic imine (C=N–C) groups is 1. The van der Waals surface area contributed by atoms with E-state index in [4.69, 9.17) is 4.74 Å². The van der Waals surface area contributed by atoms with Crippen molar-refractivity contribution < 1.29 is 14.8 Å². The minimum absolute atomic E-state index is 0.133. The first-order valence-electron chi connectivity index (χ1n) is 6.76. The van der Waals surface area contributed by atoms with Gasteiger partial charge in [-0.1, -0.05) is 0 Å². The molecule has 1 N–H and O–H groups in total. The zero-order valence-corrected chi connectivity index (χ0v) is 12.4.